The molecule has 0 bridgehead atoms. The van der Waals surface area contributed by atoms with E-state index in [0.29, 0.717) is 27.9 Å². The van der Waals surface area contributed by atoms with Crippen molar-refractivity contribution in [3.8, 4) is 6.07 Å². The first kappa shape index (κ1) is 24.2. The number of hydrazine groups is 2. The number of hydrogen-bond donors (Lipinski definition) is 4. The Morgan fingerprint density at radius 1 is 1.05 bits per heavy atom. The van der Waals surface area contributed by atoms with Crippen molar-refractivity contribution in [2.24, 2.45) is 0 Å². The third-order valence-corrected chi connectivity index (χ3v) is 5.95. The summed E-state index contributed by atoms with van der Waals surface area (Å²) in [5.74, 6) is -2.80. The fourth-order valence-corrected chi connectivity index (χ4v) is 4.24. The SMILES string of the molecule is CN1C=C([C@@H](Nc2cc(Cl)c3ncc(C#N)c(Nc4cnc(F)c(F)c4)c3c2)c2ccccc2F)NN1. The molecule has 1 aliphatic rings. The minimum atomic E-state index is -1.24. The van der Waals surface area contributed by atoms with E-state index < -0.39 is 23.6 Å². The molecule has 2 aromatic carbocycles. The predicted octanol–water partition coefficient (Wildman–Crippen LogP) is 5.26. The lowest BCUT2D eigenvalue weighted by Crippen LogP contribution is -2.35. The van der Waals surface area contributed by atoms with Crippen molar-refractivity contribution in [2.45, 2.75) is 6.04 Å². The van der Waals surface area contributed by atoms with Gasteiger partial charge in [0.15, 0.2) is 5.82 Å². The number of pyridine rings is 2. The van der Waals surface area contributed by atoms with Crippen molar-refractivity contribution in [1.82, 2.24) is 25.9 Å². The third-order valence-electron chi connectivity index (χ3n) is 5.66. The van der Waals surface area contributed by atoms with Gasteiger partial charge >= 0.3 is 0 Å². The molecule has 1 atom stereocenters. The Balaban J connectivity index is 1.61. The molecule has 0 radical (unpaired) electrons. The minimum Gasteiger partial charge on any atom is -0.373 e. The summed E-state index contributed by atoms with van der Waals surface area (Å²) in [5.41, 5.74) is 8.33. The number of rotatable bonds is 6. The van der Waals surface area contributed by atoms with E-state index in [1.807, 2.05) is 6.07 Å². The van der Waals surface area contributed by atoms with Gasteiger partial charge in [-0.3, -0.25) is 9.99 Å². The Morgan fingerprint density at radius 2 is 1.86 bits per heavy atom. The highest BCUT2D eigenvalue weighted by atomic mass is 35.5. The Hall–Kier alpha value is -4.53. The molecule has 0 saturated heterocycles. The van der Waals surface area contributed by atoms with Crippen molar-refractivity contribution in [2.75, 3.05) is 17.7 Å². The van der Waals surface area contributed by atoms with E-state index in [4.69, 9.17) is 11.6 Å². The van der Waals surface area contributed by atoms with Gasteiger partial charge in [-0.05, 0) is 18.2 Å². The van der Waals surface area contributed by atoms with Crippen molar-refractivity contribution in [3.05, 3.63) is 100 Å². The van der Waals surface area contributed by atoms with Crippen molar-refractivity contribution in [3.63, 3.8) is 0 Å². The van der Waals surface area contributed by atoms with Gasteiger partial charge in [0.25, 0.3) is 0 Å². The molecular weight excluding hydrogens is 505 g/mol. The summed E-state index contributed by atoms with van der Waals surface area (Å²) in [7, 11) is 1.78. The van der Waals surface area contributed by atoms with Gasteiger partial charge in [0.05, 0.1) is 45.4 Å². The number of halogens is 4. The maximum atomic E-state index is 14.8. The number of benzene rings is 2. The van der Waals surface area contributed by atoms with Gasteiger partial charge in [0.1, 0.15) is 11.9 Å². The van der Waals surface area contributed by atoms with Crippen LogP contribution in [0, 0.1) is 28.9 Å². The molecule has 2 aromatic heterocycles. The number of aromatic nitrogens is 2. The van der Waals surface area contributed by atoms with Crippen LogP contribution in [0.3, 0.4) is 0 Å². The summed E-state index contributed by atoms with van der Waals surface area (Å²) < 4.78 is 41.9. The van der Waals surface area contributed by atoms with Crippen molar-refractivity contribution in [1.29, 1.82) is 5.26 Å². The third kappa shape index (κ3) is 4.80. The molecule has 8 nitrogen and oxygen atoms in total. The second-order valence-corrected chi connectivity index (χ2v) is 8.57. The normalized spacial score (nSPS) is 13.6. The molecule has 0 saturated carbocycles. The highest BCUT2D eigenvalue weighted by Crippen LogP contribution is 2.37. The van der Waals surface area contributed by atoms with Crippen molar-refractivity contribution < 1.29 is 13.2 Å². The molecular formula is C25H18ClF3N8. The lowest BCUT2D eigenvalue weighted by atomic mass is 10.0. The first-order valence-electron chi connectivity index (χ1n) is 10.9. The van der Waals surface area contributed by atoms with E-state index in [0.717, 1.165) is 12.3 Å². The second kappa shape index (κ2) is 9.85. The van der Waals surface area contributed by atoms with E-state index in [2.05, 4.69) is 31.6 Å². The first-order valence-corrected chi connectivity index (χ1v) is 11.3. The summed E-state index contributed by atoms with van der Waals surface area (Å²) >= 11 is 6.56. The zero-order chi connectivity index (χ0) is 26.1. The molecule has 12 heteroatoms. The van der Waals surface area contributed by atoms with Gasteiger partial charge in [-0.15, -0.1) is 5.53 Å². The molecule has 4 N–H and O–H groups in total. The Labute approximate surface area is 214 Å². The van der Waals surface area contributed by atoms with E-state index in [-0.39, 0.29) is 22.0 Å². The quantitative estimate of drug-likeness (QED) is 0.254. The molecule has 0 spiro atoms. The van der Waals surface area contributed by atoms with Crippen LogP contribution < -0.4 is 21.6 Å². The Kier molecular flexibility index (Phi) is 6.43. The van der Waals surface area contributed by atoms with E-state index in [9.17, 15) is 18.4 Å². The van der Waals surface area contributed by atoms with Crippen LogP contribution in [-0.4, -0.2) is 22.0 Å². The fraction of sp³-hybridized carbons (Fsp3) is 0.0800. The minimum absolute atomic E-state index is 0.121. The number of hydrogen-bond acceptors (Lipinski definition) is 8. The summed E-state index contributed by atoms with van der Waals surface area (Å²) in [6.45, 7) is 0. The van der Waals surface area contributed by atoms with E-state index in [1.54, 1.807) is 48.6 Å². The first-order chi connectivity index (χ1) is 17.8. The second-order valence-electron chi connectivity index (χ2n) is 8.17. The summed E-state index contributed by atoms with van der Waals surface area (Å²) in [4.78, 5) is 7.67. The number of nitrogens with one attached hydrogen (secondary N) is 4. The molecule has 5 rings (SSSR count). The van der Waals surface area contributed by atoms with Crippen LogP contribution in [0.1, 0.15) is 17.2 Å². The van der Waals surface area contributed by atoms with Gasteiger partial charge < -0.3 is 16.1 Å². The van der Waals surface area contributed by atoms with Crippen LogP contribution in [0.4, 0.5) is 30.2 Å². The molecule has 0 fully saturated rings. The largest absolute Gasteiger partial charge is 0.373 e. The van der Waals surface area contributed by atoms with Gasteiger partial charge in [-0.1, -0.05) is 29.8 Å². The van der Waals surface area contributed by atoms with Crippen LogP contribution in [0.15, 0.2) is 66.8 Å². The van der Waals surface area contributed by atoms with Gasteiger partial charge in [0.2, 0.25) is 5.95 Å². The molecule has 0 unspecified atom stereocenters. The molecule has 4 aromatic rings. The monoisotopic (exact) mass is 522 g/mol. The zero-order valence-electron chi connectivity index (χ0n) is 19.2. The zero-order valence-corrected chi connectivity index (χ0v) is 19.9. The number of nitrogens with zero attached hydrogens (tertiary/aromatic N) is 4. The molecule has 0 aliphatic carbocycles. The van der Waals surface area contributed by atoms with Crippen LogP contribution in [-0.2, 0) is 0 Å². The highest BCUT2D eigenvalue weighted by Gasteiger charge is 2.24. The highest BCUT2D eigenvalue weighted by molar-refractivity contribution is 6.36. The average molecular weight is 523 g/mol. The summed E-state index contributed by atoms with van der Waals surface area (Å²) in [5, 5.41) is 18.3. The van der Waals surface area contributed by atoms with Gasteiger partial charge in [0, 0.05) is 42.1 Å². The van der Waals surface area contributed by atoms with Gasteiger partial charge in [-0.25, -0.2) is 13.8 Å². The number of anilines is 3. The Morgan fingerprint density at radius 3 is 2.57 bits per heavy atom. The fourth-order valence-electron chi connectivity index (χ4n) is 3.97. The van der Waals surface area contributed by atoms with E-state index in [1.165, 1.54) is 12.3 Å². The lowest BCUT2D eigenvalue weighted by Gasteiger charge is -2.23. The van der Waals surface area contributed by atoms with E-state index >= 15 is 0 Å². The summed E-state index contributed by atoms with van der Waals surface area (Å²) in [6.07, 6.45) is 4.20. The molecule has 1 aliphatic heterocycles. The van der Waals surface area contributed by atoms with Crippen LogP contribution in [0.2, 0.25) is 5.02 Å². The summed E-state index contributed by atoms with van der Waals surface area (Å²) in [6, 6.07) is 12.0. The van der Waals surface area contributed by atoms with Gasteiger partial charge in [-0.2, -0.15) is 9.65 Å². The molecule has 0 amide bonds. The van der Waals surface area contributed by atoms with Crippen LogP contribution in [0.25, 0.3) is 10.9 Å². The number of fused-ring (bicyclic) bond motifs is 1. The van der Waals surface area contributed by atoms with Crippen molar-refractivity contribution >= 4 is 39.6 Å². The van der Waals surface area contributed by atoms with Crippen LogP contribution in [0.5, 0.6) is 0 Å². The molecule has 37 heavy (non-hydrogen) atoms. The Bertz CT molecular complexity index is 1590. The number of nitriles is 1. The smallest absolute Gasteiger partial charge is 0.249 e. The molecule has 3 heterocycles. The predicted molar refractivity (Wildman–Crippen MR) is 134 cm³/mol. The average Bonchev–Trinajstić information content (AvgIpc) is 3.31. The molecule has 186 valence electrons. The maximum absolute atomic E-state index is 14.8. The standard InChI is InChI=1S/C25H18ClF3N8/c1-37-12-21(35-36-37)24(16-4-2-3-5-19(16)27)33-14-6-17-22(34-15-8-20(28)25(29)32-11-15)13(9-30)10-31-23(17)18(26)7-14/h2-8,10-12,24,33,35-36H,1H3,(H,31,34)/t24-/m0/s1. The topological polar surface area (TPSA) is 101 Å². The lowest BCUT2D eigenvalue weighted by molar-refractivity contribution is 0.326. The van der Waals surface area contributed by atoms with Crippen LogP contribution >= 0.6 is 11.6 Å². The maximum Gasteiger partial charge on any atom is 0.249 e.